The average Bonchev–Trinajstić information content (AvgIpc) is 2.94. The summed E-state index contributed by atoms with van der Waals surface area (Å²) in [4.78, 5) is 2.37. The van der Waals surface area contributed by atoms with E-state index in [2.05, 4.69) is 16.1 Å². The molecule has 0 radical (unpaired) electrons. The number of fused-ring (bicyclic) bond motifs is 1. The van der Waals surface area contributed by atoms with Crippen molar-refractivity contribution in [1.82, 2.24) is 14.7 Å². The molecule has 2 aromatic rings. The van der Waals surface area contributed by atoms with E-state index >= 15 is 0 Å². The van der Waals surface area contributed by atoms with Crippen molar-refractivity contribution in [3.05, 3.63) is 41.1 Å². The zero-order valence-electron chi connectivity index (χ0n) is 11.0. The van der Waals surface area contributed by atoms with Gasteiger partial charge in [-0.1, -0.05) is 0 Å². The van der Waals surface area contributed by atoms with E-state index in [1.54, 1.807) is 12.5 Å². The first kappa shape index (κ1) is 12.0. The average molecular weight is 256 g/mol. The van der Waals surface area contributed by atoms with Crippen molar-refractivity contribution in [2.45, 2.75) is 25.9 Å². The number of furan rings is 1. The first-order chi connectivity index (χ1) is 9.28. The third-order valence-corrected chi connectivity index (χ3v) is 3.64. The summed E-state index contributed by atoms with van der Waals surface area (Å²) in [6, 6.07) is 4.19. The minimum absolute atomic E-state index is 0.586. The van der Waals surface area contributed by atoms with Crippen molar-refractivity contribution in [1.29, 1.82) is 5.26 Å². The van der Waals surface area contributed by atoms with Gasteiger partial charge in [0.2, 0.25) is 0 Å². The molecule has 0 saturated carbocycles. The van der Waals surface area contributed by atoms with E-state index in [0.29, 0.717) is 5.69 Å². The van der Waals surface area contributed by atoms with Gasteiger partial charge in [-0.15, -0.1) is 0 Å². The summed E-state index contributed by atoms with van der Waals surface area (Å²) in [6.45, 7) is 2.75. The number of hydrogen-bond acceptors (Lipinski definition) is 4. The minimum atomic E-state index is 0.586. The fourth-order valence-corrected chi connectivity index (χ4v) is 2.70. The molecule has 0 unspecified atom stereocenters. The molecule has 3 rings (SSSR count). The minimum Gasteiger partial charge on any atom is -0.472 e. The Balaban J connectivity index is 1.84. The Labute approximate surface area is 112 Å². The van der Waals surface area contributed by atoms with E-state index < -0.39 is 0 Å². The van der Waals surface area contributed by atoms with E-state index in [4.69, 9.17) is 9.68 Å². The Morgan fingerprint density at radius 2 is 2.42 bits per heavy atom. The Morgan fingerprint density at radius 1 is 1.53 bits per heavy atom. The molecule has 1 aliphatic rings. The Bertz CT molecular complexity index is 606. The van der Waals surface area contributed by atoms with Gasteiger partial charge in [0.15, 0.2) is 5.69 Å². The second kappa shape index (κ2) is 4.90. The van der Waals surface area contributed by atoms with Crippen molar-refractivity contribution in [2.24, 2.45) is 7.05 Å². The zero-order chi connectivity index (χ0) is 13.2. The molecule has 5 heteroatoms. The van der Waals surface area contributed by atoms with Crippen LogP contribution in [-0.4, -0.2) is 21.2 Å². The van der Waals surface area contributed by atoms with Gasteiger partial charge in [0.25, 0.3) is 0 Å². The number of aryl methyl sites for hydroxylation is 1. The van der Waals surface area contributed by atoms with Crippen LogP contribution in [0.4, 0.5) is 0 Å². The number of aromatic nitrogens is 2. The maximum absolute atomic E-state index is 9.12. The van der Waals surface area contributed by atoms with Crippen LogP contribution < -0.4 is 0 Å². The van der Waals surface area contributed by atoms with Crippen LogP contribution in [0, 0.1) is 11.3 Å². The Kier molecular flexibility index (Phi) is 3.10. The fourth-order valence-electron chi connectivity index (χ4n) is 2.70. The van der Waals surface area contributed by atoms with Crippen molar-refractivity contribution < 1.29 is 4.42 Å². The van der Waals surface area contributed by atoms with Crippen LogP contribution >= 0.6 is 0 Å². The van der Waals surface area contributed by atoms with Crippen LogP contribution in [-0.2, 0) is 26.6 Å². The molecule has 0 N–H and O–H groups in total. The molecule has 0 aromatic carbocycles. The second-order valence-electron chi connectivity index (χ2n) is 4.96. The number of nitrogens with zero attached hydrogens (tertiary/aromatic N) is 4. The molecule has 1 aliphatic heterocycles. The SMILES string of the molecule is Cn1nc(C#N)c2c1CN(Cc1ccoc1)CCC2. The largest absolute Gasteiger partial charge is 0.472 e. The van der Waals surface area contributed by atoms with Gasteiger partial charge in [-0.05, 0) is 25.5 Å². The monoisotopic (exact) mass is 256 g/mol. The highest BCUT2D eigenvalue weighted by Gasteiger charge is 2.21. The summed E-state index contributed by atoms with van der Waals surface area (Å²) < 4.78 is 6.96. The maximum atomic E-state index is 9.12. The standard InChI is InChI=1S/C14H16N4O/c1-17-14-9-18(8-11-4-6-19-10-11)5-2-3-12(14)13(7-15)16-17/h4,6,10H,2-3,5,8-9H2,1H3. The van der Waals surface area contributed by atoms with Gasteiger partial charge < -0.3 is 4.42 Å². The van der Waals surface area contributed by atoms with Crippen LogP contribution in [0.2, 0.25) is 0 Å². The van der Waals surface area contributed by atoms with E-state index in [1.807, 2.05) is 17.8 Å². The van der Waals surface area contributed by atoms with Crippen LogP contribution in [0.15, 0.2) is 23.0 Å². The van der Waals surface area contributed by atoms with Crippen molar-refractivity contribution in [3.63, 3.8) is 0 Å². The fraction of sp³-hybridized carbons (Fsp3) is 0.429. The highest BCUT2D eigenvalue weighted by atomic mass is 16.3. The van der Waals surface area contributed by atoms with E-state index in [-0.39, 0.29) is 0 Å². The molecular formula is C14H16N4O. The molecule has 0 amide bonds. The summed E-state index contributed by atoms with van der Waals surface area (Å²) in [5.74, 6) is 0. The number of rotatable bonds is 2. The highest BCUT2D eigenvalue weighted by Crippen LogP contribution is 2.22. The lowest BCUT2D eigenvalue weighted by Gasteiger charge is -2.19. The molecule has 19 heavy (non-hydrogen) atoms. The van der Waals surface area contributed by atoms with Crippen LogP contribution in [0.3, 0.4) is 0 Å². The van der Waals surface area contributed by atoms with Gasteiger partial charge in [0.1, 0.15) is 6.07 Å². The Morgan fingerprint density at radius 3 is 3.16 bits per heavy atom. The summed E-state index contributed by atoms with van der Waals surface area (Å²) in [6.07, 6.45) is 5.49. The molecule has 0 fully saturated rings. The normalized spacial score (nSPS) is 15.8. The second-order valence-corrected chi connectivity index (χ2v) is 4.96. The zero-order valence-corrected chi connectivity index (χ0v) is 11.0. The third kappa shape index (κ3) is 2.27. The molecular weight excluding hydrogens is 240 g/mol. The summed E-state index contributed by atoms with van der Waals surface area (Å²) in [7, 11) is 1.92. The van der Waals surface area contributed by atoms with Crippen LogP contribution in [0.25, 0.3) is 0 Å². The maximum Gasteiger partial charge on any atom is 0.165 e. The molecule has 98 valence electrons. The van der Waals surface area contributed by atoms with Crippen molar-refractivity contribution >= 4 is 0 Å². The van der Waals surface area contributed by atoms with Gasteiger partial charge in [-0.2, -0.15) is 10.4 Å². The molecule has 0 saturated heterocycles. The highest BCUT2D eigenvalue weighted by molar-refractivity contribution is 5.36. The molecule has 3 heterocycles. The van der Waals surface area contributed by atoms with Gasteiger partial charge in [-0.3, -0.25) is 9.58 Å². The molecule has 2 aromatic heterocycles. The smallest absolute Gasteiger partial charge is 0.165 e. The lowest BCUT2D eigenvalue weighted by atomic mass is 10.1. The van der Waals surface area contributed by atoms with Gasteiger partial charge >= 0.3 is 0 Å². The van der Waals surface area contributed by atoms with Crippen molar-refractivity contribution in [3.8, 4) is 6.07 Å². The van der Waals surface area contributed by atoms with E-state index in [1.165, 1.54) is 5.56 Å². The molecule has 0 bridgehead atoms. The Hall–Kier alpha value is -2.06. The molecule has 0 atom stereocenters. The quantitative estimate of drug-likeness (QED) is 0.822. The summed E-state index contributed by atoms with van der Waals surface area (Å²) in [5, 5.41) is 13.4. The summed E-state index contributed by atoms with van der Waals surface area (Å²) in [5.41, 5.74) is 4.06. The first-order valence-electron chi connectivity index (χ1n) is 6.46. The van der Waals surface area contributed by atoms with Gasteiger partial charge in [0.05, 0.1) is 18.2 Å². The lowest BCUT2D eigenvalue weighted by molar-refractivity contribution is 0.253. The van der Waals surface area contributed by atoms with Gasteiger partial charge in [-0.25, -0.2) is 0 Å². The van der Waals surface area contributed by atoms with E-state index in [9.17, 15) is 0 Å². The van der Waals surface area contributed by atoms with Crippen LogP contribution in [0.5, 0.6) is 0 Å². The number of hydrogen-bond donors (Lipinski definition) is 0. The molecule has 0 aliphatic carbocycles. The lowest BCUT2D eigenvalue weighted by Crippen LogP contribution is -2.23. The predicted molar refractivity (Wildman–Crippen MR) is 69.1 cm³/mol. The topological polar surface area (TPSA) is 58.0 Å². The first-order valence-corrected chi connectivity index (χ1v) is 6.46. The van der Waals surface area contributed by atoms with Crippen molar-refractivity contribution in [2.75, 3.05) is 6.54 Å². The molecule has 5 nitrogen and oxygen atoms in total. The predicted octanol–water partition coefficient (Wildman–Crippen LogP) is 1.83. The van der Waals surface area contributed by atoms with Crippen LogP contribution in [0.1, 0.15) is 28.9 Å². The van der Waals surface area contributed by atoms with Gasteiger partial charge in [0, 0.05) is 31.3 Å². The summed E-state index contributed by atoms with van der Waals surface area (Å²) >= 11 is 0. The molecule has 0 spiro atoms. The number of nitriles is 1. The third-order valence-electron chi connectivity index (χ3n) is 3.64. The van der Waals surface area contributed by atoms with E-state index in [0.717, 1.165) is 43.7 Å².